The van der Waals surface area contributed by atoms with Crippen molar-refractivity contribution < 1.29 is 9.59 Å². The third-order valence-corrected chi connectivity index (χ3v) is 4.77. The van der Waals surface area contributed by atoms with Crippen LogP contribution in [0.15, 0.2) is 48.5 Å². The van der Waals surface area contributed by atoms with Crippen molar-refractivity contribution in [3.05, 3.63) is 70.2 Å². The lowest BCUT2D eigenvalue weighted by molar-refractivity contribution is 0.0625. The smallest absolute Gasteiger partial charge is 0.254 e. The third kappa shape index (κ3) is 4.27. The number of ketones is 1. The summed E-state index contributed by atoms with van der Waals surface area (Å²) < 4.78 is 0. The van der Waals surface area contributed by atoms with E-state index in [4.69, 9.17) is 11.6 Å². The molecule has 0 radical (unpaired) electrons. The van der Waals surface area contributed by atoms with Crippen LogP contribution in [0.1, 0.15) is 33.2 Å². The Morgan fingerprint density at radius 1 is 0.920 bits per heavy atom. The fourth-order valence-electron chi connectivity index (χ4n) is 3.10. The molecular weight excluding hydrogens is 336 g/mol. The fourth-order valence-corrected chi connectivity index (χ4v) is 3.23. The van der Waals surface area contributed by atoms with Gasteiger partial charge in [0.15, 0.2) is 5.78 Å². The van der Waals surface area contributed by atoms with E-state index in [1.807, 2.05) is 29.2 Å². The summed E-state index contributed by atoms with van der Waals surface area (Å²) in [7, 11) is 0. The fraction of sp³-hybridized carbons (Fsp3) is 0.300. The van der Waals surface area contributed by atoms with Crippen molar-refractivity contribution in [2.24, 2.45) is 0 Å². The molecule has 0 unspecified atom stereocenters. The number of piperazine rings is 1. The van der Waals surface area contributed by atoms with Crippen molar-refractivity contribution in [2.75, 3.05) is 26.2 Å². The largest absolute Gasteiger partial charge is 0.336 e. The molecule has 0 aromatic heterocycles. The lowest BCUT2D eigenvalue weighted by atomic mass is 10.0. The number of halogens is 1. The molecule has 1 fully saturated rings. The van der Waals surface area contributed by atoms with E-state index in [2.05, 4.69) is 4.90 Å². The first-order chi connectivity index (χ1) is 12.0. The number of nitrogens with zero attached hydrogens (tertiary/aromatic N) is 2. The molecule has 1 heterocycles. The van der Waals surface area contributed by atoms with Crippen molar-refractivity contribution in [1.82, 2.24) is 9.80 Å². The van der Waals surface area contributed by atoms with Crippen molar-refractivity contribution in [3.63, 3.8) is 0 Å². The van der Waals surface area contributed by atoms with Gasteiger partial charge in [-0.2, -0.15) is 0 Å². The SMILES string of the molecule is CC(=O)c1ccccc1C(=O)N1CCN(Cc2ccc(Cl)cc2)CC1. The van der Waals surface area contributed by atoms with Crippen LogP contribution in [0.5, 0.6) is 0 Å². The maximum absolute atomic E-state index is 12.8. The minimum Gasteiger partial charge on any atom is -0.336 e. The number of benzene rings is 2. The Labute approximate surface area is 153 Å². The number of carbonyl (C=O) groups excluding carboxylic acids is 2. The maximum atomic E-state index is 12.8. The Bertz CT molecular complexity index is 766. The molecular formula is C20H21ClN2O2. The highest BCUT2D eigenvalue weighted by Gasteiger charge is 2.24. The van der Waals surface area contributed by atoms with E-state index in [9.17, 15) is 9.59 Å². The highest BCUT2D eigenvalue weighted by Crippen LogP contribution is 2.16. The molecule has 2 aromatic carbocycles. The minimum atomic E-state index is -0.0784. The second-order valence-corrected chi connectivity index (χ2v) is 6.73. The van der Waals surface area contributed by atoms with Gasteiger partial charge in [0.1, 0.15) is 0 Å². The quantitative estimate of drug-likeness (QED) is 0.787. The van der Waals surface area contributed by atoms with Gasteiger partial charge in [0.2, 0.25) is 0 Å². The molecule has 1 aliphatic heterocycles. The summed E-state index contributed by atoms with van der Waals surface area (Å²) in [5.74, 6) is -0.137. The van der Waals surface area contributed by atoms with Gasteiger partial charge in [-0.05, 0) is 30.7 Å². The van der Waals surface area contributed by atoms with Gasteiger partial charge in [-0.15, -0.1) is 0 Å². The first kappa shape index (κ1) is 17.6. The third-order valence-electron chi connectivity index (χ3n) is 4.52. The number of carbonyl (C=O) groups is 2. The molecule has 0 spiro atoms. The molecule has 25 heavy (non-hydrogen) atoms. The van der Waals surface area contributed by atoms with Gasteiger partial charge in [-0.25, -0.2) is 0 Å². The van der Waals surface area contributed by atoms with E-state index in [0.717, 1.165) is 24.7 Å². The molecule has 1 aliphatic rings. The molecule has 0 N–H and O–H groups in total. The van der Waals surface area contributed by atoms with Gasteiger partial charge in [0.05, 0.1) is 5.56 Å². The number of hydrogen-bond donors (Lipinski definition) is 0. The van der Waals surface area contributed by atoms with E-state index in [0.29, 0.717) is 24.2 Å². The zero-order chi connectivity index (χ0) is 17.8. The van der Waals surface area contributed by atoms with Crippen molar-refractivity contribution in [1.29, 1.82) is 0 Å². The predicted octanol–water partition coefficient (Wildman–Crippen LogP) is 3.50. The van der Waals surface area contributed by atoms with Crippen LogP contribution in [0.3, 0.4) is 0 Å². The van der Waals surface area contributed by atoms with Gasteiger partial charge < -0.3 is 4.90 Å². The Morgan fingerprint density at radius 2 is 1.52 bits per heavy atom. The highest BCUT2D eigenvalue weighted by atomic mass is 35.5. The zero-order valence-electron chi connectivity index (χ0n) is 14.2. The van der Waals surface area contributed by atoms with Crippen LogP contribution in [-0.2, 0) is 6.54 Å². The molecule has 130 valence electrons. The van der Waals surface area contributed by atoms with Crippen LogP contribution in [0, 0.1) is 0 Å². The molecule has 0 atom stereocenters. The van der Waals surface area contributed by atoms with Crippen molar-refractivity contribution in [2.45, 2.75) is 13.5 Å². The molecule has 3 rings (SSSR count). The van der Waals surface area contributed by atoms with Crippen LogP contribution in [0.25, 0.3) is 0 Å². The second kappa shape index (κ2) is 7.81. The molecule has 2 aromatic rings. The number of amides is 1. The highest BCUT2D eigenvalue weighted by molar-refractivity contribution is 6.30. The lowest BCUT2D eigenvalue weighted by Crippen LogP contribution is -2.48. The monoisotopic (exact) mass is 356 g/mol. The summed E-state index contributed by atoms with van der Waals surface area (Å²) in [4.78, 5) is 28.7. The van der Waals surface area contributed by atoms with E-state index in [-0.39, 0.29) is 11.7 Å². The van der Waals surface area contributed by atoms with Gasteiger partial charge in [-0.1, -0.05) is 41.9 Å². The summed E-state index contributed by atoms with van der Waals surface area (Å²) in [6.45, 7) is 5.31. The molecule has 0 aliphatic carbocycles. The molecule has 4 nitrogen and oxygen atoms in total. The summed E-state index contributed by atoms with van der Waals surface area (Å²) >= 11 is 5.92. The first-order valence-corrected chi connectivity index (χ1v) is 8.78. The normalized spacial score (nSPS) is 15.2. The summed E-state index contributed by atoms with van der Waals surface area (Å²) in [6, 6.07) is 14.9. The predicted molar refractivity (Wildman–Crippen MR) is 99.1 cm³/mol. The lowest BCUT2D eigenvalue weighted by Gasteiger charge is -2.35. The average molecular weight is 357 g/mol. The van der Waals surface area contributed by atoms with E-state index in [1.165, 1.54) is 12.5 Å². The molecule has 5 heteroatoms. The van der Waals surface area contributed by atoms with E-state index >= 15 is 0 Å². The maximum Gasteiger partial charge on any atom is 0.254 e. The molecule has 0 bridgehead atoms. The summed E-state index contributed by atoms with van der Waals surface area (Å²) in [6.07, 6.45) is 0. The van der Waals surface area contributed by atoms with Crippen molar-refractivity contribution >= 4 is 23.3 Å². The standard InChI is InChI=1S/C20H21ClN2O2/c1-15(24)18-4-2-3-5-19(18)20(25)23-12-10-22(11-13-23)14-16-6-8-17(21)9-7-16/h2-9H,10-14H2,1H3. The first-order valence-electron chi connectivity index (χ1n) is 8.40. The average Bonchev–Trinajstić information content (AvgIpc) is 2.63. The Kier molecular flexibility index (Phi) is 5.51. The number of hydrogen-bond acceptors (Lipinski definition) is 3. The Morgan fingerprint density at radius 3 is 2.12 bits per heavy atom. The Hall–Kier alpha value is -2.17. The van der Waals surface area contributed by atoms with Crippen LogP contribution in [0.4, 0.5) is 0 Å². The van der Waals surface area contributed by atoms with Gasteiger partial charge >= 0.3 is 0 Å². The van der Waals surface area contributed by atoms with Crippen LogP contribution >= 0.6 is 11.6 Å². The van der Waals surface area contributed by atoms with Crippen molar-refractivity contribution in [3.8, 4) is 0 Å². The summed E-state index contributed by atoms with van der Waals surface area (Å²) in [5, 5.41) is 0.739. The number of Topliss-reactive ketones (excluding diaryl/α,β-unsaturated/α-hetero) is 1. The van der Waals surface area contributed by atoms with Crippen LogP contribution in [0.2, 0.25) is 5.02 Å². The van der Waals surface area contributed by atoms with Gasteiger partial charge in [0.25, 0.3) is 5.91 Å². The molecule has 1 amide bonds. The van der Waals surface area contributed by atoms with Crippen LogP contribution < -0.4 is 0 Å². The molecule has 1 saturated heterocycles. The topological polar surface area (TPSA) is 40.6 Å². The Balaban J connectivity index is 1.61. The van der Waals surface area contributed by atoms with E-state index in [1.54, 1.807) is 24.3 Å². The van der Waals surface area contributed by atoms with Crippen LogP contribution in [-0.4, -0.2) is 47.7 Å². The second-order valence-electron chi connectivity index (χ2n) is 6.30. The van der Waals surface area contributed by atoms with Gasteiger partial charge in [0, 0.05) is 43.3 Å². The number of rotatable bonds is 4. The zero-order valence-corrected chi connectivity index (χ0v) is 15.0. The molecule has 0 saturated carbocycles. The minimum absolute atomic E-state index is 0.0584. The van der Waals surface area contributed by atoms with E-state index < -0.39 is 0 Å². The van der Waals surface area contributed by atoms with Gasteiger partial charge in [-0.3, -0.25) is 14.5 Å². The summed E-state index contributed by atoms with van der Waals surface area (Å²) in [5.41, 5.74) is 2.21.